The minimum Gasteiger partial charge on any atom is -0.258 e. The van der Waals surface area contributed by atoms with Gasteiger partial charge in [-0.05, 0) is 17.7 Å². The highest BCUT2D eigenvalue weighted by molar-refractivity contribution is 8.13. The number of rotatable bonds is 3. The lowest BCUT2D eigenvalue weighted by Gasteiger charge is -2.04. The third kappa shape index (κ3) is 2.91. The highest BCUT2D eigenvalue weighted by Gasteiger charge is 2.20. The molecule has 0 heterocycles. The van der Waals surface area contributed by atoms with E-state index in [9.17, 15) is 18.5 Å². The van der Waals surface area contributed by atoms with Gasteiger partial charge in [0, 0.05) is 16.7 Å². The molecule has 0 N–H and O–H groups in total. The molecule has 19 heavy (non-hydrogen) atoms. The zero-order valence-corrected chi connectivity index (χ0v) is 11.1. The number of nitro benzene ring substituents is 1. The van der Waals surface area contributed by atoms with E-state index in [0.717, 1.165) is 6.07 Å². The summed E-state index contributed by atoms with van der Waals surface area (Å²) in [6.07, 6.45) is 0. The van der Waals surface area contributed by atoms with Gasteiger partial charge >= 0.3 is 0 Å². The first-order valence-electron chi connectivity index (χ1n) is 5.18. The molecule has 5 nitrogen and oxygen atoms in total. The summed E-state index contributed by atoms with van der Waals surface area (Å²) in [6.45, 7) is 0. The standard InChI is InChI=1S/C12H8ClNO4S/c13-19(17,18)10-6-7-11(12(8-10)14(15)16)9-4-2-1-3-5-9/h1-8H. The molecule has 98 valence electrons. The van der Waals surface area contributed by atoms with E-state index < -0.39 is 14.0 Å². The Labute approximate surface area is 114 Å². The number of hydrogen-bond acceptors (Lipinski definition) is 4. The van der Waals surface area contributed by atoms with E-state index in [1.807, 2.05) is 0 Å². The molecule has 0 unspecified atom stereocenters. The van der Waals surface area contributed by atoms with Crippen LogP contribution in [0, 0.1) is 10.1 Å². The highest BCUT2D eigenvalue weighted by atomic mass is 35.7. The van der Waals surface area contributed by atoms with Crippen molar-refractivity contribution in [2.24, 2.45) is 0 Å². The predicted molar refractivity (Wildman–Crippen MR) is 71.6 cm³/mol. The maximum Gasteiger partial charge on any atom is 0.278 e. The van der Waals surface area contributed by atoms with Crippen LogP contribution in [0.15, 0.2) is 53.4 Å². The average molecular weight is 298 g/mol. The quantitative estimate of drug-likeness (QED) is 0.495. The van der Waals surface area contributed by atoms with Gasteiger partial charge in [-0.1, -0.05) is 30.3 Å². The molecule has 2 rings (SSSR count). The lowest BCUT2D eigenvalue weighted by molar-refractivity contribution is -0.384. The largest absolute Gasteiger partial charge is 0.278 e. The monoisotopic (exact) mass is 297 g/mol. The second-order valence-corrected chi connectivity index (χ2v) is 6.31. The molecule has 0 bridgehead atoms. The fourth-order valence-electron chi connectivity index (χ4n) is 1.68. The van der Waals surface area contributed by atoms with Crippen LogP contribution in [0.1, 0.15) is 0 Å². The summed E-state index contributed by atoms with van der Waals surface area (Å²) in [6, 6.07) is 12.3. The van der Waals surface area contributed by atoms with Gasteiger partial charge in [-0.25, -0.2) is 8.42 Å². The molecule has 0 saturated heterocycles. The molecule has 0 aromatic heterocycles. The van der Waals surface area contributed by atoms with Crippen LogP contribution >= 0.6 is 10.7 Å². The van der Waals surface area contributed by atoms with Gasteiger partial charge in [0.15, 0.2) is 0 Å². The Morgan fingerprint density at radius 3 is 2.21 bits per heavy atom. The van der Waals surface area contributed by atoms with Gasteiger partial charge in [0.05, 0.1) is 15.4 Å². The van der Waals surface area contributed by atoms with E-state index >= 15 is 0 Å². The summed E-state index contributed by atoms with van der Waals surface area (Å²) in [5, 5.41) is 11.0. The SMILES string of the molecule is O=[N+]([O-])c1cc(S(=O)(=O)Cl)ccc1-c1ccccc1. The molecule has 0 radical (unpaired) electrons. The smallest absolute Gasteiger partial charge is 0.258 e. The molecule has 0 amide bonds. The molecule has 0 aliphatic carbocycles. The fourth-order valence-corrected chi connectivity index (χ4v) is 2.45. The van der Waals surface area contributed by atoms with Gasteiger partial charge in [-0.15, -0.1) is 0 Å². The molecule has 0 aliphatic rings. The Hall–Kier alpha value is -1.92. The van der Waals surface area contributed by atoms with E-state index in [4.69, 9.17) is 10.7 Å². The van der Waals surface area contributed by atoms with Gasteiger partial charge in [0.25, 0.3) is 14.7 Å². The van der Waals surface area contributed by atoms with Gasteiger partial charge in [-0.3, -0.25) is 10.1 Å². The van der Waals surface area contributed by atoms with E-state index in [-0.39, 0.29) is 10.6 Å². The molecular weight excluding hydrogens is 290 g/mol. The highest BCUT2D eigenvalue weighted by Crippen LogP contribution is 2.32. The number of halogens is 1. The lowest BCUT2D eigenvalue weighted by atomic mass is 10.0. The molecule has 0 aliphatic heterocycles. The molecule has 0 fully saturated rings. The van der Waals surface area contributed by atoms with E-state index in [1.54, 1.807) is 30.3 Å². The summed E-state index contributed by atoms with van der Waals surface area (Å²) in [5.41, 5.74) is 0.676. The minimum atomic E-state index is -3.99. The molecule has 0 atom stereocenters. The van der Waals surface area contributed by atoms with Gasteiger partial charge < -0.3 is 0 Å². The van der Waals surface area contributed by atoms with E-state index in [0.29, 0.717) is 11.1 Å². The number of hydrogen-bond donors (Lipinski definition) is 0. The van der Waals surface area contributed by atoms with Crippen molar-refractivity contribution in [2.75, 3.05) is 0 Å². The molecular formula is C12H8ClNO4S. The van der Waals surface area contributed by atoms with Crippen molar-refractivity contribution in [1.29, 1.82) is 0 Å². The van der Waals surface area contributed by atoms with E-state index in [1.165, 1.54) is 12.1 Å². The molecule has 2 aromatic rings. The number of benzene rings is 2. The number of nitrogens with zero attached hydrogens (tertiary/aromatic N) is 1. The van der Waals surface area contributed by atoms with Gasteiger partial charge in [-0.2, -0.15) is 0 Å². The Balaban J connectivity index is 2.67. The first-order valence-corrected chi connectivity index (χ1v) is 7.49. The summed E-state index contributed by atoms with van der Waals surface area (Å²) in [4.78, 5) is 10.1. The molecule has 2 aromatic carbocycles. The first kappa shape index (κ1) is 13.5. The minimum absolute atomic E-state index is 0.291. The van der Waals surface area contributed by atoms with Crippen molar-refractivity contribution in [3.63, 3.8) is 0 Å². The maximum atomic E-state index is 11.2. The summed E-state index contributed by atoms with van der Waals surface area (Å²) < 4.78 is 22.4. The first-order chi connectivity index (χ1) is 8.89. The molecule has 0 saturated carbocycles. The lowest BCUT2D eigenvalue weighted by Crippen LogP contribution is -1.96. The third-order valence-electron chi connectivity index (χ3n) is 2.53. The Bertz CT molecular complexity index is 729. The van der Waals surface area contributed by atoms with Crippen LogP contribution in [-0.2, 0) is 9.05 Å². The summed E-state index contributed by atoms with van der Waals surface area (Å²) in [7, 11) is 1.19. The predicted octanol–water partition coefficient (Wildman–Crippen LogP) is 3.19. The normalized spacial score (nSPS) is 11.2. The van der Waals surface area contributed by atoms with Crippen LogP contribution in [0.2, 0.25) is 0 Å². The van der Waals surface area contributed by atoms with Crippen LogP contribution in [0.25, 0.3) is 11.1 Å². The summed E-state index contributed by atoms with van der Waals surface area (Å²) in [5.74, 6) is 0. The van der Waals surface area contributed by atoms with Crippen molar-refractivity contribution in [1.82, 2.24) is 0 Å². The molecule has 0 spiro atoms. The van der Waals surface area contributed by atoms with Crippen LogP contribution in [0.4, 0.5) is 5.69 Å². The second-order valence-electron chi connectivity index (χ2n) is 3.74. The fraction of sp³-hybridized carbons (Fsp3) is 0. The summed E-state index contributed by atoms with van der Waals surface area (Å²) >= 11 is 0. The van der Waals surface area contributed by atoms with Crippen LogP contribution in [0.5, 0.6) is 0 Å². The number of nitro groups is 1. The van der Waals surface area contributed by atoms with Crippen molar-refractivity contribution in [3.8, 4) is 11.1 Å². The Kier molecular flexibility index (Phi) is 3.55. The van der Waals surface area contributed by atoms with Gasteiger partial charge in [0.2, 0.25) is 0 Å². The van der Waals surface area contributed by atoms with E-state index in [2.05, 4.69) is 0 Å². The Morgan fingerprint density at radius 2 is 1.68 bits per heavy atom. The maximum absolute atomic E-state index is 11.2. The van der Waals surface area contributed by atoms with Gasteiger partial charge in [0.1, 0.15) is 0 Å². The Morgan fingerprint density at radius 1 is 1.05 bits per heavy atom. The zero-order valence-electron chi connectivity index (χ0n) is 9.49. The van der Waals surface area contributed by atoms with Crippen molar-refractivity contribution in [3.05, 3.63) is 58.6 Å². The third-order valence-corrected chi connectivity index (χ3v) is 3.88. The topological polar surface area (TPSA) is 77.3 Å². The van der Waals surface area contributed by atoms with Crippen LogP contribution in [0.3, 0.4) is 0 Å². The van der Waals surface area contributed by atoms with Crippen LogP contribution < -0.4 is 0 Å². The van der Waals surface area contributed by atoms with Crippen molar-refractivity contribution in [2.45, 2.75) is 4.90 Å². The second kappa shape index (κ2) is 4.99. The zero-order chi connectivity index (χ0) is 14.0. The molecule has 7 heteroatoms. The average Bonchev–Trinajstić information content (AvgIpc) is 2.38. The van der Waals surface area contributed by atoms with Crippen molar-refractivity contribution >= 4 is 25.4 Å². The van der Waals surface area contributed by atoms with Crippen LogP contribution in [-0.4, -0.2) is 13.3 Å². The van der Waals surface area contributed by atoms with Crippen molar-refractivity contribution < 1.29 is 13.3 Å².